The zero-order chi connectivity index (χ0) is 10.8. The molecule has 0 saturated heterocycles. The summed E-state index contributed by atoms with van der Waals surface area (Å²) in [6.45, 7) is 3.20. The molecule has 2 aromatic heterocycles. The maximum Gasteiger partial charge on any atom is 0.307 e. The number of thiazole rings is 1. The number of rotatable bonds is 3. The van der Waals surface area contributed by atoms with Crippen LogP contribution in [0.4, 0.5) is 5.82 Å². The first-order chi connectivity index (χ1) is 7.16. The van der Waals surface area contributed by atoms with Crippen LogP contribution in [0.1, 0.15) is 5.56 Å². The minimum Gasteiger partial charge on any atom is -0.382 e. The lowest BCUT2D eigenvalue weighted by molar-refractivity contribution is 0.530. The van der Waals surface area contributed by atoms with Crippen LogP contribution in [0.25, 0.3) is 0 Å². The first-order valence-electron chi connectivity index (χ1n) is 4.60. The summed E-state index contributed by atoms with van der Waals surface area (Å²) in [5.74, 6) is 0.549. The molecule has 0 atom stereocenters. The number of nitrogen functional groups attached to an aromatic ring is 1. The molecule has 5 nitrogen and oxygen atoms in total. The third-order valence-electron chi connectivity index (χ3n) is 2.20. The Bertz CT molecular complexity index is 491. The van der Waals surface area contributed by atoms with E-state index < -0.39 is 0 Å². The second kappa shape index (κ2) is 3.90. The second-order valence-corrected chi connectivity index (χ2v) is 4.18. The predicted octanol–water partition coefficient (Wildman–Crippen LogP) is 0.697. The van der Waals surface area contributed by atoms with Gasteiger partial charge in [-0.25, -0.2) is 0 Å². The number of aryl methyl sites for hydroxylation is 3. The van der Waals surface area contributed by atoms with Crippen molar-refractivity contribution < 1.29 is 0 Å². The van der Waals surface area contributed by atoms with Crippen LogP contribution in [-0.2, 0) is 13.1 Å². The molecule has 0 bridgehead atoms. The van der Waals surface area contributed by atoms with Crippen LogP contribution in [0.5, 0.6) is 0 Å². The molecule has 0 aliphatic rings. The van der Waals surface area contributed by atoms with E-state index in [9.17, 15) is 4.79 Å². The summed E-state index contributed by atoms with van der Waals surface area (Å²) in [6.07, 6.45) is 3.67. The summed E-state index contributed by atoms with van der Waals surface area (Å²) in [5.41, 5.74) is 6.59. The van der Waals surface area contributed by atoms with E-state index >= 15 is 0 Å². The Kier molecular flexibility index (Phi) is 2.59. The molecule has 2 rings (SSSR count). The number of hydrogen-bond donors (Lipinski definition) is 1. The lowest BCUT2D eigenvalue weighted by Gasteiger charge is -2.01. The van der Waals surface area contributed by atoms with E-state index in [1.54, 1.807) is 20.8 Å². The molecule has 0 aliphatic heterocycles. The van der Waals surface area contributed by atoms with Gasteiger partial charge in [0.1, 0.15) is 5.82 Å². The molecule has 0 unspecified atom stereocenters. The van der Waals surface area contributed by atoms with Crippen molar-refractivity contribution in [1.29, 1.82) is 0 Å². The normalized spacial score (nSPS) is 10.7. The molecule has 15 heavy (non-hydrogen) atoms. The highest BCUT2D eigenvalue weighted by molar-refractivity contribution is 7.07. The van der Waals surface area contributed by atoms with Crippen molar-refractivity contribution in [3.8, 4) is 0 Å². The van der Waals surface area contributed by atoms with E-state index in [-0.39, 0.29) is 4.87 Å². The van der Waals surface area contributed by atoms with E-state index in [4.69, 9.17) is 5.73 Å². The topological polar surface area (TPSA) is 65.8 Å². The van der Waals surface area contributed by atoms with Crippen molar-refractivity contribution in [2.45, 2.75) is 20.0 Å². The lowest BCUT2D eigenvalue weighted by atomic mass is 10.4. The molecule has 80 valence electrons. The summed E-state index contributed by atoms with van der Waals surface area (Å²) in [7, 11) is 0. The van der Waals surface area contributed by atoms with Crippen LogP contribution >= 0.6 is 11.3 Å². The van der Waals surface area contributed by atoms with Gasteiger partial charge in [-0.1, -0.05) is 11.3 Å². The Morgan fingerprint density at radius 3 is 2.87 bits per heavy atom. The van der Waals surface area contributed by atoms with Crippen LogP contribution in [0.2, 0.25) is 0 Å². The van der Waals surface area contributed by atoms with E-state index in [2.05, 4.69) is 5.10 Å². The Morgan fingerprint density at radius 1 is 1.53 bits per heavy atom. The number of aromatic nitrogens is 3. The lowest BCUT2D eigenvalue weighted by Crippen LogP contribution is -2.16. The van der Waals surface area contributed by atoms with Crippen molar-refractivity contribution in [3.05, 3.63) is 33.0 Å². The molecule has 0 aliphatic carbocycles. The van der Waals surface area contributed by atoms with Crippen LogP contribution in [-0.4, -0.2) is 14.3 Å². The Balaban J connectivity index is 2.05. The Hall–Kier alpha value is -1.56. The molecular formula is C9H12N4OS. The standard InChI is InChI=1S/C9H12N4OS/c1-7-6-13(11-8(7)10)3-2-12-4-5-15-9(12)14/h4-6H,2-3H2,1H3,(H2,10,11). The molecule has 0 radical (unpaired) electrons. The quantitative estimate of drug-likeness (QED) is 0.834. The number of hydrogen-bond acceptors (Lipinski definition) is 4. The van der Waals surface area contributed by atoms with Gasteiger partial charge in [0.25, 0.3) is 0 Å². The number of nitrogens with two attached hydrogens (primary N) is 1. The molecule has 2 N–H and O–H groups in total. The monoisotopic (exact) mass is 224 g/mol. The maximum absolute atomic E-state index is 11.2. The third-order valence-corrected chi connectivity index (χ3v) is 2.89. The molecular weight excluding hydrogens is 212 g/mol. The van der Waals surface area contributed by atoms with E-state index in [1.807, 2.05) is 13.1 Å². The molecule has 0 amide bonds. The van der Waals surface area contributed by atoms with Gasteiger partial charge in [0.05, 0.1) is 6.54 Å². The molecule has 0 aromatic carbocycles. The summed E-state index contributed by atoms with van der Waals surface area (Å²) in [5, 5.41) is 5.90. The van der Waals surface area contributed by atoms with Gasteiger partial charge in [-0.2, -0.15) is 5.10 Å². The minimum absolute atomic E-state index is 0.0619. The van der Waals surface area contributed by atoms with Crippen molar-refractivity contribution in [3.63, 3.8) is 0 Å². The number of nitrogens with zero attached hydrogens (tertiary/aromatic N) is 3. The highest BCUT2D eigenvalue weighted by Gasteiger charge is 2.01. The maximum atomic E-state index is 11.2. The fraction of sp³-hybridized carbons (Fsp3) is 0.333. The van der Waals surface area contributed by atoms with Gasteiger partial charge in [0, 0.05) is 29.9 Å². The Morgan fingerprint density at radius 2 is 2.33 bits per heavy atom. The summed E-state index contributed by atoms with van der Waals surface area (Å²) in [4.78, 5) is 11.3. The predicted molar refractivity (Wildman–Crippen MR) is 60.0 cm³/mol. The molecule has 2 heterocycles. The summed E-state index contributed by atoms with van der Waals surface area (Å²) in [6, 6.07) is 0. The largest absolute Gasteiger partial charge is 0.382 e. The zero-order valence-electron chi connectivity index (χ0n) is 8.38. The molecule has 0 spiro atoms. The van der Waals surface area contributed by atoms with Gasteiger partial charge < -0.3 is 10.3 Å². The fourth-order valence-electron chi connectivity index (χ4n) is 1.32. The zero-order valence-corrected chi connectivity index (χ0v) is 9.20. The smallest absolute Gasteiger partial charge is 0.307 e. The summed E-state index contributed by atoms with van der Waals surface area (Å²) >= 11 is 1.20. The second-order valence-electron chi connectivity index (χ2n) is 3.32. The van der Waals surface area contributed by atoms with Gasteiger partial charge in [-0.15, -0.1) is 0 Å². The van der Waals surface area contributed by atoms with E-state index in [0.29, 0.717) is 18.9 Å². The van der Waals surface area contributed by atoms with E-state index in [1.165, 1.54) is 11.3 Å². The third kappa shape index (κ3) is 2.10. The minimum atomic E-state index is 0.0619. The molecule has 2 aromatic rings. The van der Waals surface area contributed by atoms with Crippen LogP contribution in [0.3, 0.4) is 0 Å². The highest BCUT2D eigenvalue weighted by atomic mass is 32.1. The van der Waals surface area contributed by atoms with Gasteiger partial charge in [0.2, 0.25) is 0 Å². The fourth-order valence-corrected chi connectivity index (χ4v) is 1.93. The van der Waals surface area contributed by atoms with Crippen LogP contribution in [0.15, 0.2) is 22.6 Å². The average molecular weight is 224 g/mol. The van der Waals surface area contributed by atoms with Gasteiger partial charge >= 0.3 is 4.87 Å². The van der Waals surface area contributed by atoms with Crippen molar-refractivity contribution in [1.82, 2.24) is 14.3 Å². The molecule has 6 heteroatoms. The number of anilines is 1. The van der Waals surface area contributed by atoms with Gasteiger partial charge in [0.15, 0.2) is 0 Å². The van der Waals surface area contributed by atoms with Crippen molar-refractivity contribution >= 4 is 17.2 Å². The van der Waals surface area contributed by atoms with Gasteiger partial charge in [-0.3, -0.25) is 9.48 Å². The van der Waals surface area contributed by atoms with Crippen LogP contribution < -0.4 is 10.6 Å². The average Bonchev–Trinajstić information content (AvgIpc) is 2.72. The first-order valence-corrected chi connectivity index (χ1v) is 5.48. The van der Waals surface area contributed by atoms with Crippen molar-refractivity contribution in [2.75, 3.05) is 5.73 Å². The van der Waals surface area contributed by atoms with Gasteiger partial charge in [-0.05, 0) is 6.92 Å². The van der Waals surface area contributed by atoms with Crippen molar-refractivity contribution in [2.24, 2.45) is 0 Å². The summed E-state index contributed by atoms with van der Waals surface area (Å²) < 4.78 is 3.42. The SMILES string of the molecule is Cc1cn(CCn2ccsc2=O)nc1N. The highest BCUT2D eigenvalue weighted by Crippen LogP contribution is 2.05. The molecule has 0 saturated carbocycles. The molecule has 0 fully saturated rings. The van der Waals surface area contributed by atoms with E-state index in [0.717, 1.165) is 5.56 Å². The van der Waals surface area contributed by atoms with Crippen LogP contribution in [0, 0.1) is 6.92 Å². The first kappa shape index (κ1) is 9.97. The Labute approximate surface area is 90.8 Å².